The zero-order chi connectivity index (χ0) is 21.7. The molecule has 0 spiro atoms. The largest absolute Gasteiger partial charge is 1.00 e. The molecule has 11 heteroatoms. The molecule has 1 aromatic carbocycles. The van der Waals surface area contributed by atoms with Crippen LogP contribution in [0.15, 0.2) is 30.5 Å². The van der Waals surface area contributed by atoms with Crippen LogP contribution in [0.4, 0.5) is 10.5 Å². The first-order chi connectivity index (χ1) is 14.3. The van der Waals surface area contributed by atoms with Crippen molar-refractivity contribution >= 4 is 21.7 Å². The minimum atomic E-state index is -3.85. The summed E-state index contributed by atoms with van der Waals surface area (Å²) in [7, 11) is -2.33. The number of pyridine rings is 1. The standard InChI is InChI=1S/C20H25N3O6S.Na.H/c1-13(2)28-10-11-30(25,26)23-20(24)22-19-15(4-5-17-16(19)7-9-29-17)14-6-8-21-18(12-14)27-3;;/h4-6,8,12-13H,7,9-11H2,1-3H3,(H2,22,23,24);;/q;+1;-1. The van der Waals surface area contributed by atoms with Crippen molar-refractivity contribution in [2.24, 2.45) is 0 Å². The summed E-state index contributed by atoms with van der Waals surface area (Å²) in [6.07, 6.45) is 2.09. The molecule has 0 saturated heterocycles. The van der Waals surface area contributed by atoms with Gasteiger partial charge < -0.3 is 21.0 Å². The van der Waals surface area contributed by atoms with E-state index in [0.717, 1.165) is 11.1 Å². The van der Waals surface area contributed by atoms with Crippen LogP contribution in [0.2, 0.25) is 0 Å². The molecule has 164 valence electrons. The molecule has 0 aliphatic carbocycles. The molecule has 0 saturated carbocycles. The van der Waals surface area contributed by atoms with Crippen molar-refractivity contribution in [3.05, 3.63) is 36.0 Å². The van der Waals surface area contributed by atoms with Gasteiger partial charge in [0, 0.05) is 29.8 Å². The van der Waals surface area contributed by atoms with Crippen LogP contribution in [-0.4, -0.2) is 51.6 Å². The average Bonchev–Trinajstić information content (AvgIpc) is 3.16. The number of nitrogens with one attached hydrogen (secondary N) is 2. The Hall–Kier alpha value is -1.85. The number of fused-ring (bicyclic) bond motifs is 1. The number of rotatable bonds is 8. The fraction of sp³-hybridized carbons (Fsp3) is 0.400. The summed E-state index contributed by atoms with van der Waals surface area (Å²) in [5.41, 5.74) is 2.76. The zero-order valence-electron chi connectivity index (χ0n) is 19.1. The SMILES string of the molecule is COc1cc(-c2ccc3c(c2NC(=O)NS(=O)(=O)CCOC(C)C)CCO3)ccn1.[H-].[Na+]. The first kappa shape index (κ1) is 25.4. The number of benzene rings is 1. The van der Waals surface area contributed by atoms with E-state index in [1.807, 2.05) is 10.8 Å². The number of nitrogens with zero attached hydrogens (tertiary/aromatic N) is 1. The second kappa shape index (κ2) is 11.1. The minimum Gasteiger partial charge on any atom is -1.00 e. The van der Waals surface area contributed by atoms with Gasteiger partial charge in [0.2, 0.25) is 15.9 Å². The Morgan fingerprint density at radius 1 is 1.32 bits per heavy atom. The maximum Gasteiger partial charge on any atom is 1.00 e. The van der Waals surface area contributed by atoms with E-state index in [-0.39, 0.29) is 49.4 Å². The molecule has 1 aliphatic heterocycles. The summed E-state index contributed by atoms with van der Waals surface area (Å²) in [6, 6.07) is 6.30. The van der Waals surface area contributed by atoms with Gasteiger partial charge in [-0.05, 0) is 37.6 Å². The van der Waals surface area contributed by atoms with Crippen molar-refractivity contribution in [1.82, 2.24) is 9.71 Å². The van der Waals surface area contributed by atoms with E-state index >= 15 is 0 Å². The third-order valence-electron chi connectivity index (χ3n) is 4.42. The van der Waals surface area contributed by atoms with Crippen molar-refractivity contribution in [3.8, 4) is 22.8 Å². The third kappa shape index (κ3) is 6.81. The molecule has 9 nitrogen and oxygen atoms in total. The number of methoxy groups -OCH3 is 1. The molecule has 2 amide bonds. The van der Waals surface area contributed by atoms with Gasteiger partial charge in [0.05, 0.1) is 37.9 Å². The quantitative estimate of drug-likeness (QED) is 0.520. The van der Waals surface area contributed by atoms with Gasteiger partial charge in [-0.15, -0.1) is 0 Å². The molecular formula is C20H26N3NaO6S. The Bertz CT molecular complexity index is 1040. The van der Waals surface area contributed by atoms with Crippen molar-refractivity contribution in [1.29, 1.82) is 0 Å². The monoisotopic (exact) mass is 459 g/mol. The van der Waals surface area contributed by atoms with Crippen LogP contribution in [0, 0.1) is 0 Å². The van der Waals surface area contributed by atoms with E-state index in [1.54, 1.807) is 38.2 Å². The van der Waals surface area contributed by atoms with Gasteiger partial charge in [0.1, 0.15) is 5.75 Å². The van der Waals surface area contributed by atoms with Gasteiger partial charge in [-0.2, -0.15) is 0 Å². The van der Waals surface area contributed by atoms with Gasteiger partial charge >= 0.3 is 35.6 Å². The van der Waals surface area contributed by atoms with E-state index in [0.29, 0.717) is 35.9 Å². The number of anilines is 1. The number of sulfonamides is 1. The van der Waals surface area contributed by atoms with E-state index < -0.39 is 16.1 Å². The Labute approximate surface area is 205 Å². The van der Waals surface area contributed by atoms with Crippen LogP contribution in [0.1, 0.15) is 20.8 Å². The summed E-state index contributed by atoms with van der Waals surface area (Å²) >= 11 is 0. The van der Waals surface area contributed by atoms with Crippen molar-refractivity contribution in [2.75, 3.05) is 31.4 Å². The number of amides is 2. The summed E-state index contributed by atoms with van der Waals surface area (Å²) in [5.74, 6) is 0.763. The van der Waals surface area contributed by atoms with Gasteiger partial charge in [-0.3, -0.25) is 0 Å². The smallest absolute Gasteiger partial charge is 1.00 e. The number of hydrogen-bond acceptors (Lipinski definition) is 7. The summed E-state index contributed by atoms with van der Waals surface area (Å²) < 4.78 is 42.4. The van der Waals surface area contributed by atoms with Gasteiger partial charge in [0.15, 0.2) is 0 Å². The maximum atomic E-state index is 12.5. The Kier molecular flexibility index (Phi) is 9.14. The second-order valence-electron chi connectivity index (χ2n) is 6.94. The first-order valence-corrected chi connectivity index (χ1v) is 11.2. The molecule has 0 unspecified atom stereocenters. The number of carbonyl (C=O) groups is 1. The molecule has 0 fully saturated rings. The molecule has 0 radical (unpaired) electrons. The predicted molar refractivity (Wildman–Crippen MR) is 114 cm³/mol. The number of ether oxygens (including phenoxy) is 3. The third-order valence-corrected chi connectivity index (χ3v) is 5.63. The van der Waals surface area contributed by atoms with E-state index in [4.69, 9.17) is 14.2 Å². The number of aromatic nitrogens is 1. The van der Waals surface area contributed by atoms with Gasteiger partial charge in [-0.1, -0.05) is 0 Å². The summed E-state index contributed by atoms with van der Waals surface area (Å²) in [5, 5.41) is 2.69. The maximum absolute atomic E-state index is 12.5. The number of carbonyl (C=O) groups excluding carboxylic acids is 1. The van der Waals surface area contributed by atoms with Crippen LogP contribution in [0.3, 0.4) is 0 Å². The van der Waals surface area contributed by atoms with Crippen LogP contribution in [0.5, 0.6) is 11.6 Å². The fourth-order valence-corrected chi connectivity index (χ4v) is 3.82. The molecular weight excluding hydrogens is 433 g/mol. The molecule has 1 aromatic heterocycles. The van der Waals surface area contributed by atoms with Gasteiger partial charge in [-0.25, -0.2) is 22.9 Å². The molecule has 1 aliphatic rings. The molecule has 0 atom stereocenters. The van der Waals surface area contributed by atoms with Crippen molar-refractivity contribution in [3.63, 3.8) is 0 Å². The molecule has 31 heavy (non-hydrogen) atoms. The Balaban J connectivity index is 0.00000256. The molecule has 2 aromatic rings. The van der Waals surface area contributed by atoms with E-state index in [1.165, 1.54) is 7.11 Å². The molecule has 0 bridgehead atoms. The van der Waals surface area contributed by atoms with Crippen molar-refractivity contribution < 1.29 is 58.4 Å². The molecule has 2 N–H and O–H groups in total. The van der Waals surface area contributed by atoms with Gasteiger partial charge in [0.25, 0.3) is 0 Å². The van der Waals surface area contributed by atoms with Crippen LogP contribution < -0.4 is 49.1 Å². The number of hydrogen-bond donors (Lipinski definition) is 2. The summed E-state index contributed by atoms with van der Waals surface area (Å²) in [4.78, 5) is 16.6. The Morgan fingerprint density at radius 3 is 2.81 bits per heavy atom. The summed E-state index contributed by atoms with van der Waals surface area (Å²) in [6.45, 7) is 4.09. The van der Waals surface area contributed by atoms with E-state index in [2.05, 4.69) is 10.3 Å². The average molecular weight is 460 g/mol. The Morgan fingerprint density at radius 2 is 2.10 bits per heavy atom. The first-order valence-electron chi connectivity index (χ1n) is 9.51. The van der Waals surface area contributed by atoms with Crippen LogP contribution in [0.25, 0.3) is 11.1 Å². The van der Waals surface area contributed by atoms with Crippen LogP contribution in [-0.2, 0) is 21.2 Å². The predicted octanol–water partition coefficient (Wildman–Crippen LogP) is -0.315. The van der Waals surface area contributed by atoms with Crippen LogP contribution >= 0.6 is 0 Å². The molecule has 2 heterocycles. The zero-order valence-corrected chi connectivity index (χ0v) is 20.9. The normalized spacial score (nSPS) is 12.5. The molecule has 3 rings (SSSR count). The minimum absolute atomic E-state index is 0. The van der Waals surface area contributed by atoms with Crippen molar-refractivity contribution in [2.45, 2.75) is 26.4 Å². The fourth-order valence-electron chi connectivity index (χ4n) is 3.07. The number of urea groups is 1. The van der Waals surface area contributed by atoms with E-state index in [9.17, 15) is 13.2 Å². The topological polar surface area (TPSA) is 116 Å². The second-order valence-corrected chi connectivity index (χ2v) is 8.79.